The van der Waals surface area contributed by atoms with Crippen molar-refractivity contribution in [3.8, 4) is 0 Å². The van der Waals surface area contributed by atoms with E-state index in [2.05, 4.69) is 29.8 Å². The van der Waals surface area contributed by atoms with Crippen molar-refractivity contribution in [1.82, 2.24) is 19.7 Å². The molecular weight excluding hydrogens is 340 g/mol. The number of amides is 3. The summed E-state index contributed by atoms with van der Waals surface area (Å²) in [6, 6.07) is 2.48. The third-order valence-electron chi connectivity index (χ3n) is 6.29. The molecule has 1 aliphatic carbocycles. The van der Waals surface area contributed by atoms with E-state index in [-0.39, 0.29) is 11.9 Å². The van der Waals surface area contributed by atoms with Gasteiger partial charge in [0.05, 0.1) is 6.42 Å². The zero-order valence-electron chi connectivity index (χ0n) is 17.1. The Hall–Kier alpha value is -1.98. The van der Waals surface area contributed by atoms with Gasteiger partial charge in [-0.15, -0.1) is 0 Å². The summed E-state index contributed by atoms with van der Waals surface area (Å²) in [5, 5.41) is 3.20. The number of aryl methyl sites for hydroxylation is 1. The van der Waals surface area contributed by atoms with Gasteiger partial charge in [-0.05, 0) is 44.7 Å². The van der Waals surface area contributed by atoms with Gasteiger partial charge in [0.25, 0.3) is 0 Å². The average Bonchev–Trinajstić information content (AvgIpc) is 2.86. The summed E-state index contributed by atoms with van der Waals surface area (Å²) < 4.78 is 2.13. The van der Waals surface area contributed by atoms with Crippen LogP contribution in [-0.2, 0) is 18.3 Å². The predicted molar refractivity (Wildman–Crippen MR) is 107 cm³/mol. The Morgan fingerprint density at radius 3 is 2.33 bits per heavy atom. The molecule has 1 aromatic rings. The molecule has 3 rings (SSSR count). The lowest BCUT2D eigenvalue weighted by molar-refractivity contribution is -0.130. The molecule has 2 fully saturated rings. The van der Waals surface area contributed by atoms with Crippen LogP contribution >= 0.6 is 0 Å². The first-order valence-corrected chi connectivity index (χ1v) is 10.4. The van der Waals surface area contributed by atoms with Gasteiger partial charge < -0.3 is 19.7 Å². The Bertz CT molecular complexity index is 676. The van der Waals surface area contributed by atoms with Crippen molar-refractivity contribution in [2.24, 2.45) is 7.05 Å². The number of hydrogen-bond acceptors (Lipinski definition) is 2. The van der Waals surface area contributed by atoms with E-state index in [1.807, 2.05) is 16.8 Å². The van der Waals surface area contributed by atoms with Gasteiger partial charge in [-0.2, -0.15) is 0 Å². The monoisotopic (exact) mass is 374 g/mol. The molecule has 3 amide bonds. The molecule has 1 saturated heterocycles. The maximum Gasteiger partial charge on any atom is 0.317 e. The molecule has 27 heavy (non-hydrogen) atoms. The van der Waals surface area contributed by atoms with Gasteiger partial charge in [0.2, 0.25) is 5.91 Å². The summed E-state index contributed by atoms with van der Waals surface area (Å²) in [5.74, 6) is 0.165. The first-order valence-electron chi connectivity index (χ1n) is 10.4. The molecule has 0 bridgehead atoms. The molecule has 6 nitrogen and oxygen atoms in total. The Balaban J connectivity index is 1.52. The highest BCUT2D eigenvalue weighted by Gasteiger charge is 2.24. The minimum Gasteiger partial charge on any atom is -0.352 e. The SMILES string of the molecule is Cc1cc(CC(=O)N2CCCN(C(=O)NC3CCCCC3)CC2)c(C)n1C. The lowest BCUT2D eigenvalue weighted by Crippen LogP contribution is -2.47. The van der Waals surface area contributed by atoms with Gasteiger partial charge in [0.15, 0.2) is 0 Å². The lowest BCUT2D eigenvalue weighted by atomic mass is 9.96. The molecule has 2 heterocycles. The van der Waals surface area contributed by atoms with Gasteiger partial charge in [-0.3, -0.25) is 4.79 Å². The number of nitrogens with one attached hydrogen (secondary N) is 1. The molecule has 0 atom stereocenters. The van der Waals surface area contributed by atoms with Crippen LogP contribution in [0.5, 0.6) is 0 Å². The van der Waals surface area contributed by atoms with Crippen molar-refractivity contribution in [3.05, 3.63) is 23.0 Å². The van der Waals surface area contributed by atoms with Crippen LogP contribution in [0.15, 0.2) is 6.07 Å². The largest absolute Gasteiger partial charge is 0.352 e. The highest BCUT2D eigenvalue weighted by molar-refractivity contribution is 5.79. The molecule has 0 radical (unpaired) electrons. The van der Waals surface area contributed by atoms with E-state index < -0.39 is 0 Å². The minimum atomic E-state index is 0.0470. The smallest absolute Gasteiger partial charge is 0.317 e. The van der Waals surface area contributed by atoms with Crippen LogP contribution in [0.3, 0.4) is 0 Å². The number of rotatable bonds is 3. The molecule has 0 spiro atoms. The molecule has 1 aliphatic heterocycles. The second-order valence-electron chi connectivity index (χ2n) is 8.14. The molecule has 6 heteroatoms. The summed E-state index contributed by atoms with van der Waals surface area (Å²) in [4.78, 5) is 29.2. The van der Waals surface area contributed by atoms with Crippen LogP contribution in [-0.4, -0.2) is 58.5 Å². The van der Waals surface area contributed by atoms with E-state index in [1.165, 1.54) is 25.0 Å². The first-order chi connectivity index (χ1) is 13.0. The van der Waals surface area contributed by atoms with Gasteiger partial charge >= 0.3 is 6.03 Å². The van der Waals surface area contributed by atoms with E-state index in [4.69, 9.17) is 0 Å². The van der Waals surface area contributed by atoms with Crippen LogP contribution in [0.4, 0.5) is 4.79 Å². The lowest BCUT2D eigenvalue weighted by Gasteiger charge is -2.27. The van der Waals surface area contributed by atoms with Gasteiger partial charge in [-0.1, -0.05) is 19.3 Å². The first kappa shape index (κ1) is 19.8. The Morgan fingerprint density at radius 2 is 1.67 bits per heavy atom. The second kappa shape index (κ2) is 8.81. The van der Waals surface area contributed by atoms with Crippen molar-refractivity contribution in [2.75, 3.05) is 26.2 Å². The number of nitrogens with zero attached hydrogens (tertiary/aromatic N) is 3. The molecular formula is C21H34N4O2. The highest BCUT2D eigenvalue weighted by atomic mass is 16.2. The third-order valence-corrected chi connectivity index (χ3v) is 6.29. The molecule has 1 N–H and O–H groups in total. The van der Waals surface area contributed by atoms with Crippen LogP contribution in [0, 0.1) is 13.8 Å². The van der Waals surface area contributed by atoms with Gasteiger partial charge in [-0.25, -0.2) is 4.79 Å². The molecule has 1 aromatic heterocycles. The summed E-state index contributed by atoms with van der Waals surface area (Å²) in [6.45, 7) is 6.84. The summed E-state index contributed by atoms with van der Waals surface area (Å²) in [6.07, 6.45) is 7.20. The van der Waals surface area contributed by atoms with E-state index in [0.717, 1.165) is 43.6 Å². The van der Waals surface area contributed by atoms with Crippen molar-refractivity contribution in [3.63, 3.8) is 0 Å². The summed E-state index contributed by atoms with van der Waals surface area (Å²) >= 11 is 0. The summed E-state index contributed by atoms with van der Waals surface area (Å²) in [5.41, 5.74) is 3.44. The van der Waals surface area contributed by atoms with Crippen molar-refractivity contribution in [1.29, 1.82) is 0 Å². The predicted octanol–water partition coefficient (Wildman–Crippen LogP) is 2.76. The van der Waals surface area contributed by atoms with Crippen LogP contribution in [0.1, 0.15) is 55.5 Å². The van der Waals surface area contributed by atoms with E-state index in [9.17, 15) is 9.59 Å². The number of hydrogen-bond donors (Lipinski definition) is 1. The van der Waals surface area contributed by atoms with E-state index in [0.29, 0.717) is 25.6 Å². The number of urea groups is 1. The number of carbonyl (C=O) groups is 2. The molecule has 0 aromatic carbocycles. The molecule has 150 valence electrons. The maximum atomic E-state index is 12.8. The van der Waals surface area contributed by atoms with Gasteiger partial charge in [0, 0.05) is 50.7 Å². The summed E-state index contributed by atoms with van der Waals surface area (Å²) in [7, 11) is 2.04. The fourth-order valence-electron chi connectivity index (χ4n) is 4.27. The molecule has 1 saturated carbocycles. The Kier molecular flexibility index (Phi) is 6.45. The zero-order chi connectivity index (χ0) is 19.4. The number of carbonyl (C=O) groups excluding carboxylic acids is 2. The maximum absolute atomic E-state index is 12.8. The minimum absolute atomic E-state index is 0.0470. The van der Waals surface area contributed by atoms with Crippen molar-refractivity contribution < 1.29 is 9.59 Å². The van der Waals surface area contributed by atoms with E-state index >= 15 is 0 Å². The Morgan fingerprint density at radius 1 is 1.00 bits per heavy atom. The van der Waals surface area contributed by atoms with E-state index in [1.54, 1.807) is 0 Å². The average molecular weight is 375 g/mol. The van der Waals surface area contributed by atoms with Crippen LogP contribution < -0.4 is 5.32 Å². The standard InChI is InChI=1S/C21H34N4O2/c1-16-14-18(17(2)23(16)3)15-20(26)24-10-7-11-25(13-12-24)21(27)22-19-8-5-4-6-9-19/h14,19H,4-13,15H2,1-3H3,(H,22,27). The second-order valence-corrected chi connectivity index (χ2v) is 8.14. The molecule has 2 aliphatic rings. The molecule has 0 unspecified atom stereocenters. The quantitative estimate of drug-likeness (QED) is 0.884. The normalized spacial score (nSPS) is 19.1. The highest BCUT2D eigenvalue weighted by Crippen LogP contribution is 2.18. The topological polar surface area (TPSA) is 57.6 Å². The van der Waals surface area contributed by atoms with Crippen LogP contribution in [0.25, 0.3) is 0 Å². The zero-order valence-corrected chi connectivity index (χ0v) is 17.1. The Labute approximate surface area is 162 Å². The van der Waals surface area contributed by atoms with Crippen molar-refractivity contribution in [2.45, 2.75) is 64.8 Å². The third kappa shape index (κ3) is 4.85. The van der Waals surface area contributed by atoms with Crippen LogP contribution in [0.2, 0.25) is 0 Å². The van der Waals surface area contributed by atoms with Gasteiger partial charge in [0.1, 0.15) is 0 Å². The fraction of sp³-hybridized carbons (Fsp3) is 0.714. The fourth-order valence-corrected chi connectivity index (χ4v) is 4.27. The van der Waals surface area contributed by atoms with Crippen molar-refractivity contribution >= 4 is 11.9 Å². The number of aromatic nitrogens is 1.